The molecule has 1 aliphatic carbocycles. The lowest BCUT2D eigenvalue weighted by Crippen LogP contribution is -1.97. The van der Waals surface area contributed by atoms with Gasteiger partial charge in [-0.3, -0.25) is 4.79 Å². The summed E-state index contributed by atoms with van der Waals surface area (Å²) in [7, 11) is 0. The maximum absolute atomic E-state index is 13.9. The molecule has 5 rings (SSSR count). The first kappa shape index (κ1) is 16.6. The van der Waals surface area contributed by atoms with E-state index in [-0.39, 0.29) is 17.4 Å². The van der Waals surface area contributed by atoms with Crippen molar-refractivity contribution in [3.63, 3.8) is 0 Å². The average molecular weight is 368 g/mol. The zero-order valence-electron chi connectivity index (χ0n) is 14.7. The molecular weight excluding hydrogens is 354 g/mol. The second-order valence-corrected chi connectivity index (χ2v) is 6.84. The van der Waals surface area contributed by atoms with Crippen molar-refractivity contribution < 1.29 is 13.6 Å². The van der Waals surface area contributed by atoms with Gasteiger partial charge in [0.2, 0.25) is 0 Å². The Kier molecular flexibility index (Phi) is 3.69. The number of hydrogen-bond donors (Lipinski definition) is 0. The van der Waals surface area contributed by atoms with Crippen LogP contribution in [0.3, 0.4) is 0 Å². The summed E-state index contributed by atoms with van der Waals surface area (Å²) in [6, 6.07) is 23.7. The van der Waals surface area contributed by atoms with E-state index in [1.807, 2.05) is 30.3 Å². The van der Waals surface area contributed by atoms with Crippen molar-refractivity contribution in [1.29, 1.82) is 0 Å². The fourth-order valence-electron chi connectivity index (χ4n) is 3.86. The number of carbonyl (C=O) groups excluding carboxylic acids is 1. The Morgan fingerprint density at radius 3 is 1.57 bits per heavy atom. The summed E-state index contributed by atoms with van der Waals surface area (Å²) < 4.78 is 27.8. The predicted octanol–water partition coefficient (Wildman–Crippen LogP) is 6.51. The fourth-order valence-corrected chi connectivity index (χ4v) is 3.86. The van der Waals surface area contributed by atoms with Crippen molar-refractivity contribution in [3.05, 3.63) is 108 Å². The molecule has 4 aromatic carbocycles. The van der Waals surface area contributed by atoms with E-state index in [9.17, 15) is 13.6 Å². The van der Waals surface area contributed by atoms with Crippen molar-refractivity contribution in [2.24, 2.45) is 0 Å². The Hall–Kier alpha value is -3.59. The number of halogens is 2. The predicted molar refractivity (Wildman–Crippen MR) is 106 cm³/mol. The van der Waals surface area contributed by atoms with Gasteiger partial charge in [-0.05, 0) is 69.8 Å². The van der Waals surface area contributed by atoms with E-state index in [4.69, 9.17) is 0 Å². The van der Waals surface area contributed by atoms with E-state index in [1.54, 1.807) is 30.3 Å². The van der Waals surface area contributed by atoms with Gasteiger partial charge in [-0.1, -0.05) is 48.5 Å². The number of rotatable bonds is 2. The lowest BCUT2D eigenvalue weighted by atomic mass is 9.90. The Bertz CT molecular complexity index is 1260. The molecule has 0 bridgehead atoms. The van der Waals surface area contributed by atoms with Gasteiger partial charge in [0.15, 0.2) is 5.78 Å². The summed E-state index contributed by atoms with van der Waals surface area (Å²) in [6.07, 6.45) is 0. The second-order valence-electron chi connectivity index (χ2n) is 6.84. The Morgan fingerprint density at radius 1 is 0.464 bits per heavy atom. The SMILES string of the molecule is O=C1c2ccccc2-c2cc(-c3cccc(F)c3)c(-c3cccc(F)c3)cc21. The van der Waals surface area contributed by atoms with E-state index in [0.29, 0.717) is 27.8 Å². The largest absolute Gasteiger partial charge is 0.289 e. The number of hydrogen-bond acceptors (Lipinski definition) is 1. The monoisotopic (exact) mass is 368 g/mol. The van der Waals surface area contributed by atoms with Crippen LogP contribution >= 0.6 is 0 Å². The molecule has 0 aromatic heterocycles. The zero-order valence-corrected chi connectivity index (χ0v) is 14.7. The van der Waals surface area contributed by atoms with Crippen molar-refractivity contribution in [2.45, 2.75) is 0 Å². The minimum absolute atomic E-state index is 0.0472. The molecule has 0 fully saturated rings. The van der Waals surface area contributed by atoms with Crippen LogP contribution in [0, 0.1) is 11.6 Å². The van der Waals surface area contributed by atoms with Crippen molar-refractivity contribution in [1.82, 2.24) is 0 Å². The van der Waals surface area contributed by atoms with Crippen LogP contribution in [0.1, 0.15) is 15.9 Å². The molecule has 0 amide bonds. The lowest BCUT2D eigenvalue weighted by Gasteiger charge is -2.14. The first-order valence-electron chi connectivity index (χ1n) is 8.96. The van der Waals surface area contributed by atoms with Gasteiger partial charge < -0.3 is 0 Å². The van der Waals surface area contributed by atoms with Crippen LogP contribution < -0.4 is 0 Å². The van der Waals surface area contributed by atoms with Crippen LogP contribution in [0.4, 0.5) is 8.78 Å². The Labute approximate surface area is 160 Å². The third kappa shape index (κ3) is 2.55. The lowest BCUT2D eigenvalue weighted by molar-refractivity contribution is 0.104. The Morgan fingerprint density at radius 2 is 1.00 bits per heavy atom. The summed E-state index contributed by atoms with van der Waals surface area (Å²) >= 11 is 0. The molecule has 1 nitrogen and oxygen atoms in total. The molecule has 0 aliphatic heterocycles. The van der Waals surface area contributed by atoms with Gasteiger partial charge in [-0.15, -0.1) is 0 Å². The third-order valence-electron chi connectivity index (χ3n) is 5.14. The van der Waals surface area contributed by atoms with Gasteiger partial charge in [0, 0.05) is 11.1 Å². The van der Waals surface area contributed by atoms with Crippen LogP contribution in [0.15, 0.2) is 84.9 Å². The summed E-state index contributed by atoms with van der Waals surface area (Å²) in [4.78, 5) is 12.9. The normalized spacial score (nSPS) is 12.0. The first-order valence-corrected chi connectivity index (χ1v) is 8.96. The van der Waals surface area contributed by atoms with E-state index >= 15 is 0 Å². The van der Waals surface area contributed by atoms with Gasteiger partial charge in [0.1, 0.15) is 11.6 Å². The minimum atomic E-state index is -0.363. The molecule has 0 saturated heterocycles. The highest BCUT2D eigenvalue weighted by molar-refractivity contribution is 6.22. The number of benzene rings is 4. The van der Waals surface area contributed by atoms with E-state index < -0.39 is 0 Å². The molecule has 4 aromatic rings. The fraction of sp³-hybridized carbons (Fsp3) is 0. The van der Waals surface area contributed by atoms with Crippen LogP contribution in [0.2, 0.25) is 0 Å². The van der Waals surface area contributed by atoms with Gasteiger partial charge in [0.25, 0.3) is 0 Å². The van der Waals surface area contributed by atoms with Gasteiger partial charge in [0.05, 0.1) is 0 Å². The molecule has 0 unspecified atom stereocenters. The molecular formula is C25H14F2O. The third-order valence-corrected chi connectivity index (χ3v) is 5.14. The van der Waals surface area contributed by atoms with Crippen molar-refractivity contribution >= 4 is 5.78 Å². The molecule has 28 heavy (non-hydrogen) atoms. The number of fused-ring (bicyclic) bond motifs is 3. The number of carbonyl (C=O) groups is 1. The summed E-state index contributed by atoms with van der Waals surface area (Å²) in [5, 5.41) is 0. The van der Waals surface area contributed by atoms with Gasteiger partial charge >= 0.3 is 0 Å². The highest BCUT2D eigenvalue weighted by Gasteiger charge is 2.28. The minimum Gasteiger partial charge on any atom is -0.289 e. The zero-order chi connectivity index (χ0) is 19.3. The summed E-state index contributed by atoms with van der Waals surface area (Å²) in [5.41, 5.74) is 5.70. The molecule has 3 heteroatoms. The highest BCUT2D eigenvalue weighted by Crippen LogP contribution is 2.43. The van der Waals surface area contributed by atoms with E-state index in [2.05, 4.69) is 0 Å². The van der Waals surface area contributed by atoms with E-state index in [0.717, 1.165) is 16.7 Å². The molecule has 134 valence electrons. The van der Waals surface area contributed by atoms with Gasteiger partial charge in [-0.2, -0.15) is 0 Å². The topological polar surface area (TPSA) is 17.1 Å². The number of ketones is 1. The molecule has 0 N–H and O–H groups in total. The quantitative estimate of drug-likeness (QED) is 0.347. The summed E-state index contributed by atoms with van der Waals surface area (Å²) in [5.74, 6) is -0.758. The standard InChI is InChI=1S/C25H14F2O/c26-17-7-3-5-15(11-17)21-13-23-19-9-1-2-10-20(19)25(28)24(23)14-22(21)16-6-4-8-18(27)12-16/h1-14H. The molecule has 0 spiro atoms. The maximum Gasteiger partial charge on any atom is 0.194 e. The second kappa shape index (κ2) is 6.24. The summed E-state index contributed by atoms with van der Waals surface area (Å²) in [6.45, 7) is 0. The maximum atomic E-state index is 13.9. The molecule has 1 aliphatic rings. The highest BCUT2D eigenvalue weighted by atomic mass is 19.1. The van der Waals surface area contributed by atoms with Crippen LogP contribution in [-0.2, 0) is 0 Å². The first-order chi connectivity index (χ1) is 13.6. The smallest absolute Gasteiger partial charge is 0.194 e. The van der Waals surface area contributed by atoms with E-state index in [1.165, 1.54) is 24.3 Å². The van der Waals surface area contributed by atoms with Crippen molar-refractivity contribution in [2.75, 3.05) is 0 Å². The average Bonchev–Trinajstić information content (AvgIpc) is 2.99. The van der Waals surface area contributed by atoms with Crippen LogP contribution in [0.5, 0.6) is 0 Å². The van der Waals surface area contributed by atoms with Crippen LogP contribution in [0.25, 0.3) is 33.4 Å². The molecule has 0 saturated carbocycles. The molecule has 0 radical (unpaired) electrons. The van der Waals surface area contributed by atoms with Crippen LogP contribution in [-0.4, -0.2) is 5.78 Å². The molecule has 0 atom stereocenters. The molecule has 0 heterocycles. The Balaban J connectivity index is 1.83. The van der Waals surface area contributed by atoms with Crippen molar-refractivity contribution in [3.8, 4) is 33.4 Å². The van der Waals surface area contributed by atoms with Gasteiger partial charge in [-0.25, -0.2) is 8.78 Å².